The molecule has 0 spiro atoms. The van der Waals surface area contributed by atoms with E-state index < -0.39 is 10.0 Å². The molecule has 100 valence electrons. The summed E-state index contributed by atoms with van der Waals surface area (Å²) in [4.78, 5) is 4.61. The molecular weight excluding hydrogens is 256 g/mol. The highest BCUT2D eigenvalue weighted by Crippen LogP contribution is 2.23. The van der Waals surface area contributed by atoms with Crippen LogP contribution in [0.1, 0.15) is 12.8 Å². The third-order valence-corrected chi connectivity index (χ3v) is 4.04. The molecule has 7 heteroatoms. The Hall–Kier alpha value is -1.15. The summed E-state index contributed by atoms with van der Waals surface area (Å²) in [5.41, 5.74) is 0. The van der Waals surface area contributed by atoms with Crippen molar-refractivity contribution in [2.24, 2.45) is 5.90 Å². The lowest BCUT2D eigenvalue weighted by molar-refractivity contribution is 0.102. The fourth-order valence-electron chi connectivity index (χ4n) is 1.41. The molecule has 0 heterocycles. The van der Waals surface area contributed by atoms with E-state index in [0.29, 0.717) is 12.4 Å². The van der Waals surface area contributed by atoms with Crippen molar-refractivity contribution in [2.75, 3.05) is 13.2 Å². The summed E-state index contributed by atoms with van der Waals surface area (Å²) in [5, 5.41) is 0. The van der Waals surface area contributed by atoms with Crippen molar-refractivity contribution in [3.05, 3.63) is 24.3 Å². The summed E-state index contributed by atoms with van der Waals surface area (Å²) < 4.78 is 31.6. The van der Waals surface area contributed by atoms with Crippen LogP contribution in [0.15, 0.2) is 29.2 Å². The topological polar surface area (TPSA) is 90.7 Å². The molecule has 0 atom stereocenters. The Labute approximate surface area is 106 Å². The van der Waals surface area contributed by atoms with Crippen LogP contribution in [0.5, 0.6) is 5.75 Å². The standard InChI is InChI=1S/C11H16N2O4S/c12-17-8-7-16-10-3-5-11(6-4-10)18(14,15)13-9-1-2-9/h3-6,9,13H,1-2,7-8,12H2. The first-order valence-electron chi connectivity index (χ1n) is 5.69. The molecule has 0 unspecified atom stereocenters. The normalized spacial score (nSPS) is 15.6. The van der Waals surface area contributed by atoms with Crippen molar-refractivity contribution < 1.29 is 18.0 Å². The monoisotopic (exact) mass is 272 g/mol. The van der Waals surface area contributed by atoms with E-state index in [1.807, 2.05) is 0 Å². The van der Waals surface area contributed by atoms with Gasteiger partial charge in [-0.2, -0.15) is 0 Å². The Morgan fingerprint density at radius 1 is 1.22 bits per heavy atom. The van der Waals surface area contributed by atoms with Gasteiger partial charge in [0.15, 0.2) is 0 Å². The molecular formula is C11H16N2O4S. The third-order valence-electron chi connectivity index (χ3n) is 2.50. The van der Waals surface area contributed by atoms with Crippen LogP contribution in [0.25, 0.3) is 0 Å². The minimum absolute atomic E-state index is 0.104. The second-order valence-corrected chi connectivity index (χ2v) is 5.80. The molecule has 1 aromatic rings. The van der Waals surface area contributed by atoms with Gasteiger partial charge >= 0.3 is 0 Å². The highest BCUT2D eigenvalue weighted by atomic mass is 32.2. The molecule has 0 aromatic heterocycles. The van der Waals surface area contributed by atoms with Crippen LogP contribution in [0.4, 0.5) is 0 Å². The first kappa shape index (κ1) is 13.3. The average molecular weight is 272 g/mol. The maximum Gasteiger partial charge on any atom is 0.240 e. The summed E-state index contributed by atoms with van der Waals surface area (Å²) in [6.45, 7) is 0.603. The number of nitrogens with two attached hydrogens (primary N) is 1. The van der Waals surface area contributed by atoms with Gasteiger partial charge in [0, 0.05) is 6.04 Å². The Kier molecular flexibility index (Phi) is 4.18. The Balaban J connectivity index is 1.97. The molecule has 2 rings (SSSR count). The van der Waals surface area contributed by atoms with E-state index in [-0.39, 0.29) is 17.5 Å². The third kappa shape index (κ3) is 3.67. The molecule has 18 heavy (non-hydrogen) atoms. The number of benzene rings is 1. The lowest BCUT2D eigenvalue weighted by atomic mass is 10.3. The molecule has 1 saturated carbocycles. The molecule has 1 aromatic carbocycles. The van der Waals surface area contributed by atoms with Crippen molar-refractivity contribution in [3.8, 4) is 5.75 Å². The average Bonchev–Trinajstić information content (AvgIpc) is 3.13. The van der Waals surface area contributed by atoms with Gasteiger partial charge in [-0.1, -0.05) is 0 Å². The van der Waals surface area contributed by atoms with E-state index in [1.54, 1.807) is 12.1 Å². The zero-order valence-electron chi connectivity index (χ0n) is 9.83. The molecule has 1 aliphatic carbocycles. The lowest BCUT2D eigenvalue weighted by Crippen LogP contribution is -2.25. The van der Waals surface area contributed by atoms with Crippen LogP contribution in [-0.2, 0) is 14.9 Å². The molecule has 0 amide bonds. The summed E-state index contributed by atoms with van der Waals surface area (Å²) in [6.07, 6.45) is 1.83. The van der Waals surface area contributed by atoms with Gasteiger partial charge in [0.1, 0.15) is 19.0 Å². The van der Waals surface area contributed by atoms with Crippen molar-refractivity contribution in [1.29, 1.82) is 0 Å². The second kappa shape index (κ2) is 5.66. The highest BCUT2D eigenvalue weighted by molar-refractivity contribution is 7.89. The number of hydrogen-bond acceptors (Lipinski definition) is 5. The minimum Gasteiger partial charge on any atom is -0.491 e. The van der Waals surface area contributed by atoms with Gasteiger partial charge in [-0.3, -0.25) is 0 Å². The molecule has 3 N–H and O–H groups in total. The molecule has 6 nitrogen and oxygen atoms in total. The van der Waals surface area contributed by atoms with Gasteiger partial charge in [0.25, 0.3) is 0 Å². The fourth-order valence-corrected chi connectivity index (χ4v) is 2.72. The number of rotatable bonds is 7. The second-order valence-electron chi connectivity index (χ2n) is 4.09. The van der Waals surface area contributed by atoms with Crippen molar-refractivity contribution in [1.82, 2.24) is 4.72 Å². The first-order valence-corrected chi connectivity index (χ1v) is 7.17. The Morgan fingerprint density at radius 2 is 1.89 bits per heavy atom. The maximum absolute atomic E-state index is 11.9. The van der Waals surface area contributed by atoms with Gasteiger partial charge in [0.2, 0.25) is 10.0 Å². The van der Waals surface area contributed by atoms with Crippen LogP contribution < -0.4 is 15.4 Å². The number of sulfonamides is 1. The summed E-state index contributed by atoms with van der Waals surface area (Å²) in [5.74, 6) is 5.44. The van der Waals surface area contributed by atoms with Crippen molar-refractivity contribution >= 4 is 10.0 Å². The number of ether oxygens (including phenoxy) is 1. The lowest BCUT2D eigenvalue weighted by Gasteiger charge is -2.07. The van der Waals surface area contributed by atoms with Crippen LogP contribution in [0.2, 0.25) is 0 Å². The molecule has 1 aliphatic rings. The zero-order chi connectivity index (χ0) is 13.0. The molecule has 0 saturated heterocycles. The number of nitrogens with one attached hydrogen (secondary N) is 1. The molecule has 0 radical (unpaired) electrons. The van der Waals surface area contributed by atoms with Crippen LogP contribution in [-0.4, -0.2) is 27.7 Å². The summed E-state index contributed by atoms with van der Waals surface area (Å²) >= 11 is 0. The predicted octanol–water partition coefficient (Wildman–Crippen LogP) is 0.396. The maximum atomic E-state index is 11.9. The fraction of sp³-hybridized carbons (Fsp3) is 0.455. The molecule has 0 aliphatic heterocycles. The van der Waals surface area contributed by atoms with Gasteiger partial charge in [-0.05, 0) is 37.1 Å². The SMILES string of the molecule is NOCCOc1ccc(S(=O)(=O)NC2CC2)cc1. The Bertz CT molecular complexity index is 482. The van der Waals surface area contributed by atoms with E-state index in [9.17, 15) is 8.42 Å². The largest absolute Gasteiger partial charge is 0.491 e. The van der Waals surface area contributed by atoms with Gasteiger partial charge < -0.3 is 9.57 Å². The van der Waals surface area contributed by atoms with Crippen molar-refractivity contribution in [3.63, 3.8) is 0 Å². The van der Waals surface area contributed by atoms with E-state index in [1.165, 1.54) is 12.1 Å². The predicted molar refractivity (Wildman–Crippen MR) is 65.4 cm³/mol. The highest BCUT2D eigenvalue weighted by Gasteiger charge is 2.27. The zero-order valence-corrected chi connectivity index (χ0v) is 10.7. The van der Waals surface area contributed by atoms with Crippen LogP contribution >= 0.6 is 0 Å². The number of hydrogen-bond donors (Lipinski definition) is 2. The quantitative estimate of drug-likeness (QED) is 0.553. The van der Waals surface area contributed by atoms with E-state index >= 15 is 0 Å². The van der Waals surface area contributed by atoms with Gasteiger partial charge in [-0.25, -0.2) is 19.0 Å². The van der Waals surface area contributed by atoms with Crippen LogP contribution in [0.3, 0.4) is 0 Å². The van der Waals surface area contributed by atoms with Gasteiger partial charge in [0.05, 0.1) is 4.90 Å². The van der Waals surface area contributed by atoms with E-state index in [2.05, 4.69) is 9.56 Å². The summed E-state index contributed by atoms with van der Waals surface area (Å²) in [6, 6.07) is 6.36. The summed E-state index contributed by atoms with van der Waals surface area (Å²) in [7, 11) is -3.39. The smallest absolute Gasteiger partial charge is 0.240 e. The van der Waals surface area contributed by atoms with E-state index in [0.717, 1.165) is 12.8 Å². The molecule has 1 fully saturated rings. The first-order chi connectivity index (χ1) is 8.62. The van der Waals surface area contributed by atoms with Crippen LogP contribution in [0, 0.1) is 0 Å². The minimum atomic E-state index is -3.39. The van der Waals surface area contributed by atoms with Gasteiger partial charge in [-0.15, -0.1) is 0 Å². The molecule has 0 bridgehead atoms. The van der Waals surface area contributed by atoms with E-state index in [4.69, 9.17) is 10.6 Å². The van der Waals surface area contributed by atoms with Crippen molar-refractivity contribution in [2.45, 2.75) is 23.8 Å². The Morgan fingerprint density at radius 3 is 2.44 bits per heavy atom.